The molecule has 1 rings (SSSR count). The van der Waals surface area contributed by atoms with Crippen molar-refractivity contribution in [3.05, 3.63) is 19.2 Å². The molecule has 1 aromatic rings. The van der Waals surface area contributed by atoms with Crippen molar-refractivity contribution in [1.82, 2.24) is 0 Å². The van der Waals surface area contributed by atoms with Gasteiger partial charge in [-0.05, 0) is 38.3 Å². The molecule has 0 amide bonds. The van der Waals surface area contributed by atoms with Crippen LogP contribution in [0.3, 0.4) is 0 Å². The van der Waals surface area contributed by atoms with Crippen LogP contribution in [0.1, 0.15) is 93.6 Å². The number of hydrogen-bond acceptors (Lipinski definition) is 2. The summed E-state index contributed by atoms with van der Waals surface area (Å²) in [4.78, 5) is 13.0. The minimum absolute atomic E-state index is 0.276. The van der Waals surface area contributed by atoms with Gasteiger partial charge >= 0.3 is 0 Å². The van der Waals surface area contributed by atoms with Gasteiger partial charge in [-0.3, -0.25) is 4.79 Å². The first-order chi connectivity index (χ1) is 10.7. The predicted octanol–water partition coefficient (Wildman–Crippen LogP) is 8.16. The molecule has 0 aliphatic heterocycles. The smallest absolute Gasteiger partial charge is 0.173 e. The third-order valence-corrected chi connectivity index (χ3v) is 7.52. The average Bonchev–Trinajstić information content (AvgIpc) is 2.84. The van der Waals surface area contributed by atoms with E-state index in [9.17, 15) is 4.79 Å². The largest absolute Gasteiger partial charge is 0.293 e. The number of rotatable bonds is 13. The van der Waals surface area contributed by atoms with E-state index in [1.165, 1.54) is 75.5 Å². The van der Waals surface area contributed by atoms with Crippen LogP contribution >= 0.6 is 43.2 Å². The predicted molar refractivity (Wildman–Crippen MR) is 105 cm³/mol. The molecule has 0 saturated heterocycles. The van der Waals surface area contributed by atoms with Gasteiger partial charge in [-0.15, -0.1) is 11.3 Å². The Bertz CT molecular complexity index is 429. The van der Waals surface area contributed by atoms with Crippen molar-refractivity contribution in [3.63, 3.8) is 0 Å². The molecule has 0 spiro atoms. The molecule has 1 nitrogen and oxygen atoms in total. The Morgan fingerprint density at radius 1 is 0.909 bits per heavy atom. The highest BCUT2D eigenvalue weighted by Gasteiger charge is 2.14. The van der Waals surface area contributed by atoms with Crippen LogP contribution in [0.4, 0.5) is 0 Å². The molecule has 22 heavy (non-hydrogen) atoms. The number of ketones is 1. The Morgan fingerprint density at radius 3 is 1.86 bits per heavy atom. The number of carbonyl (C=O) groups excluding carboxylic acids is 1. The van der Waals surface area contributed by atoms with E-state index in [0.29, 0.717) is 6.42 Å². The number of carbonyl (C=O) groups is 1. The Hall–Kier alpha value is 0.330. The maximum Gasteiger partial charge on any atom is 0.173 e. The lowest BCUT2D eigenvalue weighted by molar-refractivity contribution is 0.0982. The van der Waals surface area contributed by atoms with E-state index in [0.717, 1.165) is 20.2 Å². The molecule has 0 unspecified atom stereocenters. The fraction of sp³-hybridized carbons (Fsp3) is 0.722. The molecule has 0 aromatic carbocycles. The Kier molecular flexibility index (Phi) is 11.8. The number of Topliss-reactive ketones (excluding diaryl/α,β-unsaturated/α-hetero) is 1. The zero-order chi connectivity index (χ0) is 16.2. The van der Waals surface area contributed by atoms with Gasteiger partial charge in [-0.25, -0.2) is 0 Å². The van der Waals surface area contributed by atoms with E-state index in [-0.39, 0.29) is 5.78 Å². The lowest BCUT2D eigenvalue weighted by atomic mass is 10.0. The van der Waals surface area contributed by atoms with Crippen molar-refractivity contribution in [2.24, 2.45) is 0 Å². The summed E-state index contributed by atoms with van der Waals surface area (Å²) in [6.07, 6.45) is 15.2. The topological polar surface area (TPSA) is 17.1 Å². The molecule has 0 aliphatic rings. The fourth-order valence-electron chi connectivity index (χ4n) is 2.57. The highest BCUT2D eigenvalue weighted by Crippen LogP contribution is 2.33. The first-order valence-electron chi connectivity index (χ1n) is 8.62. The van der Waals surface area contributed by atoms with Crippen molar-refractivity contribution in [1.29, 1.82) is 0 Å². The first-order valence-corrected chi connectivity index (χ1v) is 11.1. The molecular weight excluding hydrogens is 424 g/mol. The van der Waals surface area contributed by atoms with Crippen LogP contribution in [0.2, 0.25) is 0 Å². The highest BCUT2D eigenvalue weighted by atomic mass is 79.9. The summed E-state index contributed by atoms with van der Waals surface area (Å²) >= 11 is 8.42. The van der Waals surface area contributed by atoms with Crippen LogP contribution in [-0.2, 0) is 0 Å². The molecule has 126 valence electrons. The lowest BCUT2D eigenvalue weighted by Gasteiger charge is -2.02. The van der Waals surface area contributed by atoms with Gasteiger partial charge in [-0.1, -0.05) is 71.1 Å². The summed E-state index contributed by atoms with van der Waals surface area (Å²) < 4.78 is 1.91. The van der Waals surface area contributed by atoms with Crippen molar-refractivity contribution in [3.8, 4) is 0 Å². The number of hydrogen-bond donors (Lipinski definition) is 0. The summed E-state index contributed by atoms with van der Waals surface area (Å²) in [5.41, 5.74) is 0. The van der Waals surface area contributed by atoms with Crippen molar-refractivity contribution in [2.45, 2.75) is 84.0 Å². The normalized spacial score (nSPS) is 11.0. The van der Waals surface area contributed by atoms with Crippen LogP contribution in [0.25, 0.3) is 0 Å². The highest BCUT2D eigenvalue weighted by molar-refractivity contribution is 9.13. The first kappa shape index (κ1) is 20.4. The van der Waals surface area contributed by atoms with E-state index in [4.69, 9.17) is 0 Å². The molecular formula is C18H28Br2OS. The summed E-state index contributed by atoms with van der Waals surface area (Å²) in [7, 11) is 0. The lowest BCUT2D eigenvalue weighted by Crippen LogP contribution is -1.96. The van der Waals surface area contributed by atoms with Crippen molar-refractivity contribution < 1.29 is 4.79 Å². The van der Waals surface area contributed by atoms with E-state index in [2.05, 4.69) is 38.8 Å². The minimum Gasteiger partial charge on any atom is -0.293 e. The Morgan fingerprint density at radius 2 is 1.41 bits per heavy atom. The zero-order valence-corrected chi connectivity index (χ0v) is 17.6. The molecule has 0 N–H and O–H groups in total. The Labute approximate surface area is 156 Å². The molecule has 1 aromatic heterocycles. The second-order valence-electron chi connectivity index (χ2n) is 5.94. The quantitative estimate of drug-likeness (QED) is 0.218. The monoisotopic (exact) mass is 450 g/mol. The van der Waals surface area contributed by atoms with Crippen LogP contribution in [-0.4, -0.2) is 5.78 Å². The van der Waals surface area contributed by atoms with Gasteiger partial charge in [0.25, 0.3) is 0 Å². The maximum atomic E-state index is 12.1. The van der Waals surface area contributed by atoms with Crippen molar-refractivity contribution >= 4 is 49.0 Å². The van der Waals surface area contributed by atoms with Crippen LogP contribution in [0, 0.1) is 0 Å². The van der Waals surface area contributed by atoms with E-state index < -0.39 is 0 Å². The van der Waals surface area contributed by atoms with Gasteiger partial charge in [0.2, 0.25) is 0 Å². The average molecular weight is 452 g/mol. The van der Waals surface area contributed by atoms with Gasteiger partial charge in [0.1, 0.15) is 0 Å². The molecule has 4 heteroatoms. The fourth-order valence-corrected chi connectivity index (χ4v) is 4.74. The van der Waals surface area contributed by atoms with Gasteiger partial charge in [-0.2, -0.15) is 0 Å². The third-order valence-electron chi connectivity index (χ3n) is 3.95. The van der Waals surface area contributed by atoms with Gasteiger partial charge in [0.15, 0.2) is 5.78 Å². The Balaban J connectivity index is 1.95. The molecule has 0 fully saturated rings. The second kappa shape index (κ2) is 12.7. The maximum absolute atomic E-state index is 12.1. The van der Waals surface area contributed by atoms with Crippen molar-refractivity contribution in [2.75, 3.05) is 0 Å². The van der Waals surface area contributed by atoms with E-state index in [1.807, 2.05) is 5.38 Å². The van der Waals surface area contributed by atoms with E-state index >= 15 is 0 Å². The summed E-state index contributed by atoms with van der Waals surface area (Å²) in [5, 5.41) is 1.97. The van der Waals surface area contributed by atoms with Gasteiger partial charge in [0.05, 0.1) is 9.35 Å². The molecule has 0 radical (unpaired) electrons. The molecule has 0 aliphatic carbocycles. The SMILES string of the molecule is CCCCCCCCCCCCCC(=O)c1scc(Br)c1Br. The number of halogens is 2. The number of unbranched alkanes of at least 4 members (excludes halogenated alkanes) is 10. The van der Waals surface area contributed by atoms with Crippen LogP contribution in [0.15, 0.2) is 14.3 Å². The molecule has 0 saturated carbocycles. The molecule has 0 bridgehead atoms. The van der Waals surface area contributed by atoms with Gasteiger partial charge < -0.3 is 0 Å². The summed E-state index contributed by atoms with van der Waals surface area (Å²) in [6, 6.07) is 0. The second-order valence-corrected chi connectivity index (χ2v) is 8.46. The summed E-state index contributed by atoms with van der Waals surface area (Å²) in [5.74, 6) is 0.276. The minimum atomic E-state index is 0.276. The third kappa shape index (κ3) is 8.26. The summed E-state index contributed by atoms with van der Waals surface area (Å²) in [6.45, 7) is 2.26. The molecule has 1 heterocycles. The molecule has 0 atom stereocenters. The number of thiophene rings is 1. The van der Waals surface area contributed by atoms with Crippen LogP contribution < -0.4 is 0 Å². The standard InChI is InChI=1S/C18H28Br2OS/c1-2-3-4-5-6-7-8-9-10-11-12-13-16(21)18-17(20)15(19)14-22-18/h14H,2-13H2,1H3. The van der Waals surface area contributed by atoms with Gasteiger partial charge in [0, 0.05) is 16.3 Å². The van der Waals surface area contributed by atoms with E-state index in [1.54, 1.807) is 0 Å². The zero-order valence-electron chi connectivity index (χ0n) is 13.6. The van der Waals surface area contributed by atoms with Crippen LogP contribution in [0.5, 0.6) is 0 Å².